The van der Waals surface area contributed by atoms with Crippen LogP contribution in [-0.2, 0) is 4.74 Å². The maximum Gasteiger partial charge on any atom is 0.251 e. The molecule has 0 bridgehead atoms. The van der Waals surface area contributed by atoms with Crippen LogP contribution in [0.25, 0.3) is 11.3 Å². The third-order valence-corrected chi connectivity index (χ3v) is 3.70. The summed E-state index contributed by atoms with van der Waals surface area (Å²) in [4.78, 5) is 23.1. The van der Waals surface area contributed by atoms with Crippen LogP contribution in [0.1, 0.15) is 23.7 Å². The Morgan fingerprint density at radius 1 is 1.33 bits per heavy atom. The van der Waals surface area contributed by atoms with Gasteiger partial charge >= 0.3 is 0 Å². The minimum Gasteiger partial charge on any atom is -0.383 e. The average Bonchev–Trinajstić information content (AvgIpc) is 2.61. The largest absolute Gasteiger partial charge is 0.383 e. The van der Waals surface area contributed by atoms with E-state index in [1.807, 2.05) is 44.1 Å². The van der Waals surface area contributed by atoms with Crippen LogP contribution in [0.4, 0.5) is 5.82 Å². The highest BCUT2D eigenvalue weighted by atomic mass is 16.5. The van der Waals surface area contributed by atoms with E-state index in [-0.39, 0.29) is 11.9 Å². The molecule has 0 saturated heterocycles. The first-order valence-electron chi connectivity index (χ1n) is 7.94. The van der Waals surface area contributed by atoms with Crippen molar-refractivity contribution in [3.63, 3.8) is 0 Å². The van der Waals surface area contributed by atoms with E-state index < -0.39 is 0 Å². The number of carbonyl (C=O) groups is 1. The molecule has 6 nitrogen and oxygen atoms in total. The molecule has 1 heterocycles. The van der Waals surface area contributed by atoms with Gasteiger partial charge < -0.3 is 15.0 Å². The van der Waals surface area contributed by atoms with E-state index in [9.17, 15) is 4.79 Å². The van der Waals surface area contributed by atoms with Gasteiger partial charge in [0.1, 0.15) is 5.82 Å². The highest BCUT2D eigenvalue weighted by molar-refractivity contribution is 5.95. The van der Waals surface area contributed by atoms with E-state index in [0.29, 0.717) is 12.2 Å². The summed E-state index contributed by atoms with van der Waals surface area (Å²) >= 11 is 0. The molecular weight excluding hydrogens is 304 g/mol. The fourth-order valence-electron chi connectivity index (χ4n) is 2.26. The number of hydrogen-bond acceptors (Lipinski definition) is 5. The molecule has 6 heteroatoms. The number of hydrogen-bond donors (Lipinski definition) is 1. The van der Waals surface area contributed by atoms with Crippen LogP contribution < -0.4 is 10.2 Å². The molecule has 2 rings (SSSR count). The topological polar surface area (TPSA) is 67.3 Å². The number of nitrogens with one attached hydrogen (secondary N) is 1. The van der Waals surface area contributed by atoms with Gasteiger partial charge in [-0.1, -0.05) is 19.1 Å². The van der Waals surface area contributed by atoms with Crippen molar-refractivity contribution in [2.75, 3.05) is 32.7 Å². The molecule has 0 aliphatic heterocycles. The first-order chi connectivity index (χ1) is 11.5. The summed E-state index contributed by atoms with van der Waals surface area (Å²) < 4.78 is 5.12. The van der Waals surface area contributed by atoms with Crippen molar-refractivity contribution in [3.05, 3.63) is 42.2 Å². The number of methoxy groups -OCH3 is 1. The second-order valence-electron chi connectivity index (χ2n) is 5.77. The number of aromatic nitrogens is 2. The quantitative estimate of drug-likeness (QED) is 0.845. The number of benzene rings is 1. The van der Waals surface area contributed by atoms with Crippen molar-refractivity contribution in [2.24, 2.45) is 0 Å². The van der Waals surface area contributed by atoms with Gasteiger partial charge in [-0.25, -0.2) is 4.98 Å². The molecule has 0 aliphatic carbocycles. The molecule has 1 N–H and O–H groups in total. The van der Waals surface area contributed by atoms with Crippen LogP contribution in [0, 0.1) is 0 Å². The van der Waals surface area contributed by atoms with E-state index >= 15 is 0 Å². The Bertz CT molecular complexity index is 688. The molecular formula is C18H24N4O2. The standard InChI is InChI=1S/C18H24N4O2/c1-5-15(12-24-4)20-18(23)14-8-6-7-13(9-14)16-10-19-11-17(21-16)22(2)3/h6-11,15H,5,12H2,1-4H3,(H,20,23). The lowest BCUT2D eigenvalue weighted by Crippen LogP contribution is -2.37. The third kappa shape index (κ3) is 4.52. The normalized spacial score (nSPS) is 11.8. The molecule has 1 atom stereocenters. The summed E-state index contributed by atoms with van der Waals surface area (Å²) in [7, 11) is 5.46. The van der Waals surface area contributed by atoms with Crippen LogP contribution in [0.2, 0.25) is 0 Å². The average molecular weight is 328 g/mol. The van der Waals surface area contributed by atoms with Gasteiger partial charge in [0, 0.05) is 32.3 Å². The summed E-state index contributed by atoms with van der Waals surface area (Å²) in [5, 5.41) is 2.98. The molecule has 0 aliphatic rings. The smallest absolute Gasteiger partial charge is 0.251 e. The zero-order valence-corrected chi connectivity index (χ0v) is 14.6. The van der Waals surface area contributed by atoms with E-state index in [2.05, 4.69) is 15.3 Å². The minimum absolute atomic E-state index is 0.00279. The van der Waals surface area contributed by atoms with Crippen LogP contribution in [0.5, 0.6) is 0 Å². The van der Waals surface area contributed by atoms with E-state index in [0.717, 1.165) is 23.5 Å². The number of nitrogens with zero attached hydrogens (tertiary/aromatic N) is 3. The van der Waals surface area contributed by atoms with Gasteiger partial charge in [-0.05, 0) is 18.6 Å². The maximum absolute atomic E-state index is 12.4. The van der Waals surface area contributed by atoms with Crippen LogP contribution in [-0.4, -0.2) is 49.7 Å². The van der Waals surface area contributed by atoms with Gasteiger partial charge in [-0.3, -0.25) is 9.78 Å². The molecule has 0 fully saturated rings. The van der Waals surface area contributed by atoms with Gasteiger partial charge in [0.25, 0.3) is 5.91 Å². The molecule has 0 radical (unpaired) electrons. The molecule has 0 spiro atoms. The molecule has 128 valence electrons. The number of rotatable bonds is 7. The van der Waals surface area contributed by atoms with E-state index in [1.54, 1.807) is 25.6 Å². The predicted molar refractivity (Wildman–Crippen MR) is 95.2 cm³/mol. The van der Waals surface area contributed by atoms with Gasteiger partial charge in [0.15, 0.2) is 0 Å². The van der Waals surface area contributed by atoms with Crippen molar-refractivity contribution in [1.29, 1.82) is 0 Å². The Balaban J connectivity index is 2.22. The van der Waals surface area contributed by atoms with Crippen LogP contribution in [0.3, 0.4) is 0 Å². The van der Waals surface area contributed by atoms with Crippen molar-refractivity contribution in [3.8, 4) is 11.3 Å². The summed E-state index contributed by atoms with van der Waals surface area (Å²) in [6.45, 7) is 2.51. The summed E-state index contributed by atoms with van der Waals surface area (Å²) in [6, 6.07) is 7.40. The van der Waals surface area contributed by atoms with Crippen molar-refractivity contribution >= 4 is 11.7 Å². The molecule has 1 aromatic carbocycles. The summed E-state index contributed by atoms with van der Waals surface area (Å²) in [5.74, 6) is 0.658. The SMILES string of the molecule is CCC(COC)NC(=O)c1cccc(-c2cncc(N(C)C)n2)c1. The third-order valence-electron chi connectivity index (χ3n) is 3.70. The first kappa shape index (κ1) is 17.9. The molecule has 2 aromatic rings. The van der Waals surface area contributed by atoms with Crippen LogP contribution >= 0.6 is 0 Å². The lowest BCUT2D eigenvalue weighted by atomic mass is 10.1. The van der Waals surface area contributed by atoms with Crippen molar-refractivity contribution in [2.45, 2.75) is 19.4 Å². The van der Waals surface area contributed by atoms with Gasteiger partial charge in [0.05, 0.1) is 30.7 Å². The van der Waals surface area contributed by atoms with Crippen molar-refractivity contribution in [1.82, 2.24) is 15.3 Å². The van der Waals surface area contributed by atoms with Gasteiger partial charge in [-0.2, -0.15) is 0 Å². The van der Waals surface area contributed by atoms with E-state index in [4.69, 9.17) is 4.74 Å². The van der Waals surface area contributed by atoms with Gasteiger partial charge in [-0.15, -0.1) is 0 Å². The Kier molecular flexibility index (Phi) is 6.26. The Hall–Kier alpha value is -2.47. The fraction of sp³-hybridized carbons (Fsp3) is 0.389. The van der Waals surface area contributed by atoms with E-state index in [1.165, 1.54) is 0 Å². The number of amides is 1. The van der Waals surface area contributed by atoms with Crippen molar-refractivity contribution < 1.29 is 9.53 Å². The minimum atomic E-state index is -0.113. The first-order valence-corrected chi connectivity index (χ1v) is 7.94. The number of carbonyl (C=O) groups excluding carboxylic acids is 1. The highest BCUT2D eigenvalue weighted by Crippen LogP contribution is 2.20. The maximum atomic E-state index is 12.4. The predicted octanol–water partition coefficient (Wildman–Crippen LogP) is 2.36. The molecule has 1 unspecified atom stereocenters. The molecule has 24 heavy (non-hydrogen) atoms. The Morgan fingerprint density at radius 2 is 2.12 bits per heavy atom. The summed E-state index contributed by atoms with van der Waals surface area (Å²) in [6.07, 6.45) is 4.22. The number of anilines is 1. The monoisotopic (exact) mass is 328 g/mol. The molecule has 1 aromatic heterocycles. The second-order valence-corrected chi connectivity index (χ2v) is 5.77. The lowest BCUT2D eigenvalue weighted by Gasteiger charge is -2.16. The zero-order chi connectivity index (χ0) is 17.5. The molecule has 1 amide bonds. The van der Waals surface area contributed by atoms with Crippen LogP contribution in [0.15, 0.2) is 36.7 Å². The van der Waals surface area contributed by atoms with Gasteiger partial charge in [0.2, 0.25) is 0 Å². The Labute approximate surface area is 142 Å². The Morgan fingerprint density at radius 3 is 2.79 bits per heavy atom. The number of ether oxygens (including phenoxy) is 1. The zero-order valence-electron chi connectivity index (χ0n) is 14.6. The fourth-order valence-corrected chi connectivity index (χ4v) is 2.26. The highest BCUT2D eigenvalue weighted by Gasteiger charge is 2.13. The lowest BCUT2D eigenvalue weighted by molar-refractivity contribution is 0.0894. The molecule has 0 saturated carbocycles. The summed E-state index contributed by atoms with van der Waals surface area (Å²) in [5.41, 5.74) is 2.19. The second kappa shape index (κ2) is 8.40.